The Morgan fingerprint density at radius 1 is 1.33 bits per heavy atom. The van der Waals surface area contributed by atoms with Crippen molar-refractivity contribution in [3.63, 3.8) is 0 Å². The van der Waals surface area contributed by atoms with E-state index in [1.807, 2.05) is 6.92 Å². The summed E-state index contributed by atoms with van der Waals surface area (Å²) in [6, 6.07) is 0. The fraction of sp³-hybridized carbons (Fsp3) is 0.933. The number of rotatable bonds is 6. The number of esters is 1. The SMILES string of the molecule is CC[C@@H]1C[C@H](OC(C)(OC)C(C)(C)O)[C@H](OC(C)=O)CO1. The number of ether oxygens (including phenoxy) is 4. The first kappa shape index (κ1) is 18.4. The largest absolute Gasteiger partial charge is 0.457 e. The number of methoxy groups -OCH3 is 1. The summed E-state index contributed by atoms with van der Waals surface area (Å²) in [6.45, 7) is 8.58. The van der Waals surface area contributed by atoms with Gasteiger partial charge in [0, 0.05) is 20.5 Å². The molecule has 0 aromatic rings. The summed E-state index contributed by atoms with van der Waals surface area (Å²) in [4.78, 5) is 11.2. The van der Waals surface area contributed by atoms with E-state index >= 15 is 0 Å². The van der Waals surface area contributed by atoms with Crippen LogP contribution in [0, 0.1) is 0 Å². The average molecular weight is 304 g/mol. The standard InChI is InChI=1S/C15H28O6/c1-7-11-8-12(13(9-19-11)20-10(2)16)21-15(5,18-6)14(3,4)17/h11-13,17H,7-9H2,1-6H3/t11-,12+,13-,15?/m1/s1. The predicted octanol–water partition coefficient (Wildman–Crippen LogP) is 1.64. The molecule has 6 nitrogen and oxygen atoms in total. The molecule has 6 heteroatoms. The van der Waals surface area contributed by atoms with Gasteiger partial charge < -0.3 is 24.1 Å². The van der Waals surface area contributed by atoms with Crippen molar-refractivity contribution < 1.29 is 28.8 Å². The van der Waals surface area contributed by atoms with Gasteiger partial charge in [0.1, 0.15) is 11.7 Å². The minimum atomic E-state index is -1.21. The molecule has 0 radical (unpaired) electrons. The van der Waals surface area contributed by atoms with Crippen molar-refractivity contribution in [2.75, 3.05) is 13.7 Å². The van der Waals surface area contributed by atoms with E-state index in [0.29, 0.717) is 6.42 Å². The van der Waals surface area contributed by atoms with Gasteiger partial charge >= 0.3 is 5.97 Å². The highest BCUT2D eigenvalue weighted by Crippen LogP contribution is 2.32. The Kier molecular flexibility index (Phi) is 6.16. The van der Waals surface area contributed by atoms with Crippen molar-refractivity contribution in [2.24, 2.45) is 0 Å². The van der Waals surface area contributed by atoms with Crippen LogP contribution in [0.15, 0.2) is 0 Å². The van der Waals surface area contributed by atoms with Gasteiger partial charge in [0.05, 0.1) is 12.7 Å². The maximum Gasteiger partial charge on any atom is 0.303 e. The second-order valence-electron chi connectivity index (χ2n) is 6.11. The number of hydrogen-bond donors (Lipinski definition) is 1. The zero-order valence-electron chi connectivity index (χ0n) is 13.8. The molecule has 1 heterocycles. The lowest BCUT2D eigenvalue weighted by molar-refractivity contribution is -0.328. The maximum atomic E-state index is 11.2. The summed E-state index contributed by atoms with van der Waals surface area (Å²) < 4.78 is 22.3. The van der Waals surface area contributed by atoms with Gasteiger partial charge in [-0.15, -0.1) is 0 Å². The Morgan fingerprint density at radius 3 is 2.38 bits per heavy atom. The molecule has 0 aromatic carbocycles. The average Bonchev–Trinajstić information content (AvgIpc) is 2.38. The Labute approximate surface area is 126 Å². The fourth-order valence-corrected chi connectivity index (χ4v) is 2.28. The third-order valence-electron chi connectivity index (χ3n) is 4.06. The number of carbonyl (C=O) groups excluding carboxylic acids is 1. The van der Waals surface area contributed by atoms with Gasteiger partial charge in [-0.05, 0) is 27.2 Å². The molecule has 0 aromatic heterocycles. The van der Waals surface area contributed by atoms with Crippen LogP contribution in [0.5, 0.6) is 0 Å². The van der Waals surface area contributed by atoms with Crippen molar-refractivity contribution in [3.05, 3.63) is 0 Å². The fourth-order valence-electron chi connectivity index (χ4n) is 2.28. The van der Waals surface area contributed by atoms with Crippen LogP contribution in [0.25, 0.3) is 0 Å². The molecule has 1 rings (SSSR count). The zero-order valence-corrected chi connectivity index (χ0v) is 13.8. The van der Waals surface area contributed by atoms with Crippen LogP contribution < -0.4 is 0 Å². The summed E-state index contributed by atoms with van der Waals surface area (Å²) in [5.74, 6) is -1.58. The Bertz CT molecular complexity index is 351. The second-order valence-corrected chi connectivity index (χ2v) is 6.11. The van der Waals surface area contributed by atoms with Crippen LogP contribution in [0.1, 0.15) is 47.5 Å². The maximum absolute atomic E-state index is 11.2. The monoisotopic (exact) mass is 304 g/mol. The van der Waals surface area contributed by atoms with Crippen LogP contribution >= 0.6 is 0 Å². The van der Waals surface area contributed by atoms with Crippen LogP contribution in [0.2, 0.25) is 0 Å². The molecule has 0 amide bonds. The van der Waals surface area contributed by atoms with E-state index in [0.717, 1.165) is 6.42 Å². The van der Waals surface area contributed by atoms with Gasteiger partial charge in [0.15, 0.2) is 11.9 Å². The lowest BCUT2D eigenvalue weighted by Gasteiger charge is -2.44. The molecule has 0 saturated carbocycles. The highest BCUT2D eigenvalue weighted by atomic mass is 16.7. The molecule has 0 spiro atoms. The molecule has 1 unspecified atom stereocenters. The van der Waals surface area contributed by atoms with Crippen LogP contribution in [0.3, 0.4) is 0 Å². The molecule has 4 atom stereocenters. The second kappa shape index (κ2) is 7.05. The van der Waals surface area contributed by atoms with E-state index in [4.69, 9.17) is 18.9 Å². The summed E-state index contributed by atoms with van der Waals surface area (Å²) in [7, 11) is 1.48. The first-order chi connectivity index (χ1) is 9.63. The normalized spacial score (nSPS) is 29.8. The first-order valence-corrected chi connectivity index (χ1v) is 7.37. The van der Waals surface area contributed by atoms with Crippen molar-refractivity contribution in [1.82, 2.24) is 0 Å². The molecule has 1 aliphatic heterocycles. The molecule has 124 valence electrons. The molecule has 0 aliphatic carbocycles. The van der Waals surface area contributed by atoms with E-state index in [-0.39, 0.29) is 24.8 Å². The van der Waals surface area contributed by atoms with Gasteiger partial charge in [-0.2, -0.15) is 0 Å². The minimum absolute atomic E-state index is 0.0460. The van der Waals surface area contributed by atoms with Crippen LogP contribution in [-0.2, 0) is 23.7 Å². The number of aliphatic hydroxyl groups is 1. The molecule has 21 heavy (non-hydrogen) atoms. The molecule has 1 saturated heterocycles. The van der Waals surface area contributed by atoms with E-state index in [9.17, 15) is 9.90 Å². The summed E-state index contributed by atoms with van der Waals surface area (Å²) >= 11 is 0. The van der Waals surface area contributed by atoms with Gasteiger partial charge in [-0.1, -0.05) is 6.92 Å². The van der Waals surface area contributed by atoms with Crippen molar-refractivity contribution in [3.8, 4) is 0 Å². The minimum Gasteiger partial charge on any atom is -0.457 e. The first-order valence-electron chi connectivity index (χ1n) is 7.37. The summed E-state index contributed by atoms with van der Waals surface area (Å²) in [5.41, 5.74) is -1.21. The highest BCUT2D eigenvalue weighted by molar-refractivity contribution is 5.66. The third-order valence-corrected chi connectivity index (χ3v) is 4.06. The topological polar surface area (TPSA) is 74.2 Å². The van der Waals surface area contributed by atoms with Crippen molar-refractivity contribution in [2.45, 2.75) is 77.2 Å². The van der Waals surface area contributed by atoms with Gasteiger partial charge in [-0.25, -0.2) is 0 Å². The summed E-state index contributed by atoms with van der Waals surface area (Å²) in [6.07, 6.45) is 0.596. The molecule has 1 fully saturated rings. The number of hydrogen-bond acceptors (Lipinski definition) is 6. The van der Waals surface area contributed by atoms with Crippen molar-refractivity contribution >= 4 is 5.97 Å². The molecular weight excluding hydrogens is 276 g/mol. The highest BCUT2D eigenvalue weighted by Gasteiger charge is 2.46. The van der Waals surface area contributed by atoms with Gasteiger partial charge in [0.25, 0.3) is 0 Å². The molecule has 1 aliphatic rings. The molecule has 0 bridgehead atoms. The third kappa shape index (κ3) is 4.64. The van der Waals surface area contributed by atoms with Crippen molar-refractivity contribution in [1.29, 1.82) is 0 Å². The van der Waals surface area contributed by atoms with Gasteiger partial charge in [-0.3, -0.25) is 4.79 Å². The number of carbonyl (C=O) groups is 1. The lowest BCUT2D eigenvalue weighted by Crippen LogP contribution is -2.57. The van der Waals surface area contributed by atoms with E-state index in [1.54, 1.807) is 20.8 Å². The van der Waals surface area contributed by atoms with Crippen LogP contribution in [-0.4, -0.2) is 54.5 Å². The molecular formula is C15H28O6. The zero-order chi connectivity index (χ0) is 16.3. The Morgan fingerprint density at radius 2 is 1.95 bits per heavy atom. The van der Waals surface area contributed by atoms with E-state index < -0.39 is 17.5 Å². The van der Waals surface area contributed by atoms with E-state index in [2.05, 4.69) is 0 Å². The van der Waals surface area contributed by atoms with E-state index in [1.165, 1.54) is 14.0 Å². The summed E-state index contributed by atoms with van der Waals surface area (Å²) in [5, 5.41) is 10.3. The predicted molar refractivity (Wildman–Crippen MR) is 76.8 cm³/mol. The Balaban J connectivity index is 2.88. The molecule has 1 N–H and O–H groups in total. The Hall–Kier alpha value is -0.690. The smallest absolute Gasteiger partial charge is 0.303 e. The van der Waals surface area contributed by atoms with Crippen LogP contribution in [0.4, 0.5) is 0 Å². The van der Waals surface area contributed by atoms with Gasteiger partial charge in [0.2, 0.25) is 0 Å². The quantitative estimate of drug-likeness (QED) is 0.594. The lowest BCUT2D eigenvalue weighted by atomic mass is 9.96.